The van der Waals surface area contributed by atoms with Crippen LogP contribution < -0.4 is 0 Å². The van der Waals surface area contributed by atoms with Gasteiger partial charge in [0, 0.05) is 26.7 Å². The Balaban J connectivity index is 2.47. The molecule has 3 atom stereocenters. The van der Waals surface area contributed by atoms with E-state index >= 15 is 0 Å². The Hall–Kier alpha value is -1.10. The molecule has 1 rings (SSSR count). The molecule has 0 N–H and O–H groups in total. The Bertz CT molecular complexity index is 226. The van der Waals surface area contributed by atoms with E-state index in [9.17, 15) is 9.59 Å². The Morgan fingerprint density at radius 3 is 2.27 bits per heavy atom. The number of hydrogen-bond acceptors (Lipinski definition) is 5. The normalized spacial score (nSPS) is 30.7. The molecule has 0 amide bonds. The molecule has 0 aromatic carbocycles. The SMILES string of the molecule is CC(=O)OC1C[C@H](OC(C)=O)C[C@H](C)O1. The van der Waals surface area contributed by atoms with E-state index in [0.29, 0.717) is 12.8 Å². The monoisotopic (exact) mass is 216 g/mol. The van der Waals surface area contributed by atoms with Crippen LogP contribution in [0, 0.1) is 0 Å². The summed E-state index contributed by atoms with van der Waals surface area (Å²) >= 11 is 0. The van der Waals surface area contributed by atoms with Gasteiger partial charge in [-0.2, -0.15) is 0 Å². The van der Waals surface area contributed by atoms with Gasteiger partial charge in [0.2, 0.25) is 6.29 Å². The molecule has 5 heteroatoms. The molecule has 15 heavy (non-hydrogen) atoms. The summed E-state index contributed by atoms with van der Waals surface area (Å²) in [7, 11) is 0. The lowest BCUT2D eigenvalue weighted by Gasteiger charge is -2.32. The topological polar surface area (TPSA) is 61.8 Å². The molecular formula is C10H16O5. The Morgan fingerprint density at radius 2 is 1.73 bits per heavy atom. The molecular weight excluding hydrogens is 200 g/mol. The molecule has 1 aliphatic rings. The van der Waals surface area contributed by atoms with Crippen LogP contribution >= 0.6 is 0 Å². The number of ether oxygens (including phenoxy) is 3. The van der Waals surface area contributed by atoms with Crippen molar-refractivity contribution < 1.29 is 23.8 Å². The second kappa shape index (κ2) is 5.11. The molecule has 0 bridgehead atoms. The summed E-state index contributed by atoms with van der Waals surface area (Å²) in [5.41, 5.74) is 0. The van der Waals surface area contributed by atoms with Crippen molar-refractivity contribution in [2.45, 2.75) is 52.1 Å². The summed E-state index contributed by atoms with van der Waals surface area (Å²) in [5, 5.41) is 0. The van der Waals surface area contributed by atoms with Gasteiger partial charge in [-0.05, 0) is 6.92 Å². The van der Waals surface area contributed by atoms with E-state index in [2.05, 4.69) is 0 Å². The number of rotatable bonds is 2. The molecule has 0 aromatic heterocycles. The lowest BCUT2D eigenvalue weighted by molar-refractivity contribution is -0.215. The van der Waals surface area contributed by atoms with E-state index in [1.165, 1.54) is 13.8 Å². The van der Waals surface area contributed by atoms with Gasteiger partial charge in [-0.3, -0.25) is 9.59 Å². The van der Waals surface area contributed by atoms with Crippen LogP contribution in [0.15, 0.2) is 0 Å². The molecule has 0 radical (unpaired) electrons. The van der Waals surface area contributed by atoms with Crippen LogP contribution in [0.5, 0.6) is 0 Å². The minimum absolute atomic E-state index is 0.0764. The summed E-state index contributed by atoms with van der Waals surface area (Å²) in [6.07, 6.45) is 0.138. The summed E-state index contributed by atoms with van der Waals surface area (Å²) in [6.45, 7) is 4.54. The zero-order valence-corrected chi connectivity index (χ0v) is 9.19. The molecule has 1 fully saturated rings. The van der Waals surface area contributed by atoms with E-state index in [0.717, 1.165) is 0 Å². The molecule has 5 nitrogen and oxygen atoms in total. The van der Waals surface area contributed by atoms with Crippen LogP contribution in [0.4, 0.5) is 0 Å². The van der Waals surface area contributed by atoms with Gasteiger partial charge in [0.15, 0.2) is 0 Å². The average Bonchev–Trinajstić information content (AvgIpc) is 1.98. The highest BCUT2D eigenvalue weighted by Crippen LogP contribution is 2.22. The Labute approximate surface area is 88.7 Å². The van der Waals surface area contributed by atoms with Gasteiger partial charge >= 0.3 is 11.9 Å². The van der Waals surface area contributed by atoms with Crippen molar-refractivity contribution in [3.05, 3.63) is 0 Å². The van der Waals surface area contributed by atoms with Crippen molar-refractivity contribution in [3.63, 3.8) is 0 Å². The van der Waals surface area contributed by atoms with Crippen molar-refractivity contribution in [1.82, 2.24) is 0 Å². The van der Waals surface area contributed by atoms with Crippen molar-refractivity contribution in [3.8, 4) is 0 Å². The zero-order chi connectivity index (χ0) is 11.4. The number of hydrogen-bond donors (Lipinski definition) is 0. The lowest BCUT2D eigenvalue weighted by atomic mass is 10.1. The van der Waals surface area contributed by atoms with Crippen LogP contribution in [0.25, 0.3) is 0 Å². The quantitative estimate of drug-likeness (QED) is 0.644. The van der Waals surface area contributed by atoms with Crippen molar-refractivity contribution in [2.75, 3.05) is 0 Å². The molecule has 1 saturated heterocycles. The maximum Gasteiger partial charge on any atom is 0.304 e. The fraction of sp³-hybridized carbons (Fsp3) is 0.800. The minimum atomic E-state index is -0.601. The third-order valence-electron chi connectivity index (χ3n) is 2.06. The molecule has 1 aliphatic heterocycles. The van der Waals surface area contributed by atoms with Gasteiger partial charge in [-0.1, -0.05) is 0 Å². The standard InChI is InChI=1S/C10H16O5/c1-6-4-9(14-7(2)11)5-10(13-6)15-8(3)12/h6,9-10H,4-5H2,1-3H3/t6-,9+,10?/m0/s1. The van der Waals surface area contributed by atoms with Gasteiger partial charge in [-0.25, -0.2) is 0 Å². The summed E-state index contributed by atoms with van der Waals surface area (Å²) in [5.74, 6) is -0.716. The second-order valence-electron chi connectivity index (χ2n) is 3.69. The predicted octanol–water partition coefficient (Wildman–Crippen LogP) is 1.01. The summed E-state index contributed by atoms with van der Waals surface area (Å²) in [6, 6.07) is 0. The summed E-state index contributed by atoms with van der Waals surface area (Å²) < 4.78 is 15.4. The predicted molar refractivity (Wildman–Crippen MR) is 50.9 cm³/mol. The average molecular weight is 216 g/mol. The van der Waals surface area contributed by atoms with Crippen LogP contribution in [-0.2, 0) is 23.8 Å². The minimum Gasteiger partial charge on any atom is -0.462 e. The van der Waals surface area contributed by atoms with Crippen LogP contribution in [0.3, 0.4) is 0 Å². The second-order valence-corrected chi connectivity index (χ2v) is 3.69. The Morgan fingerprint density at radius 1 is 1.13 bits per heavy atom. The first-order valence-corrected chi connectivity index (χ1v) is 4.97. The van der Waals surface area contributed by atoms with Gasteiger partial charge in [-0.15, -0.1) is 0 Å². The third-order valence-corrected chi connectivity index (χ3v) is 2.06. The van der Waals surface area contributed by atoms with Crippen molar-refractivity contribution in [2.24, 2.45) is 0 Å². The first kappa shape index (κ1) is 12.0. The van der Waals surface area contributed by atoms with E-state index in [4.69, 9.17) is 14.2 Å². The fourth-order valence-electron chi connectivity index (χ4n) is 1.64. The zero-order valence-electron chi connectivity index (χ0n) is 9.19. The molecule has 0 spiro atoms. The van der Waals surface area contributed by atoms with E-state index in [-0.39, 0.29) is 18.2 Å². The fourth-order valence-corrected chi connectivity index (χ4v) is 1.64. The van der Waals surface area contributed by atoms with Gasteiger partial charge in [0.1, 0.15) is 6.10 Å². The molecule has 0 saturated carbocycles. The molecule has 86 valence electrons. The largest absolute Gasteiger partial charge is 0.462 e. The van der Waals surface area contributed by atoms with Crippen molar-refractivity contribution >= 4 is 11.9 Å². The maximum absolute atomic E-state index is 10.8. The van der Waals surface area contributed by atoms with Crippen molar-refractivity contribution in [1.29, 1.82) is 0 Å². The first-order valence-electron chi connectivity index (χ1n) is 4.97. The van der Waals surface area contributed by atoms with Gasteiger partial charge < -0.3 is 14.2 Å². The van der Waals surface area contributed by atoms with Crippen LogP contribution in [0.2, 0.25) is 0 Å². The molecule has 1 unspecified atom stereocenters. The molecule has 1 heterocycles. The van der Waals surface area contributed by atoms with Crippen LogP contribution in [0.1, 0.15) is 33.6 Å². The highest BCUT2D eigenvalue weighted by Gasteiger charge is 2.30. The Kier molecular flexibility index (Phi) is 4.08. The van der Waals surface area contributed by atoms with Crippen LogP contribution in [-0.4, -0.2) is 30.4 Å². The van der Waals surface area contributed by atoms with Gasteiger partial charge in [0.05, 0.1) is 6.10 Å². The number of esters is 2. The highest BCUT2D eigenvalue weighted by atomic mass is 16.7. The maximum atomic E-state index is 10.8. The summed E-state index contributed by atoms with van der Waals surface area (Å²) in [4.78, 5) is 21.5. The van der Waals surface area contributed by atoms with E-state index in [1.807, 2.05) is 6.92 Å². The molecule has 0 aliphatic carbocycles. The number of carbonyl (C=O) groups excluding carboxylic acids is 2. The third kappa shape index (κ3) is 4.29. The number of carbonyl (C=O) groups is 2. The van der Waals surface area contributed by atoms with E-state index in [1.54, 1.807) is 0 Å². The lowest BCUT2D eigenvalue weighted by Crippen LogP contribution is -2.38. The van der Waals surface area contributed by atoms with Gasteiger partial charge in [0.25, 0.3) is 0 Å². The van der Waals surface area contributed by atoms with E-state index < -0.39 is 12.3 Å². The smallest absolute Gasteiger partial charge is 0.304 e. The first-order chi connectivity index (χ1) is 6.97. The highest BCUT2D eigenvalue weighted by molar-refractivity contribution is 5.66. The molecule has 0 aromatic rings.